The number of esters is 2. The topological polar surface area (TPSA) is 52.6 Å². The Morgan fingerprint density at radius 3 is 1.23 bits per heavy atom. The molecule has 0 aliphatic carbocycles. The summed E-state index contributed by atoms with van der Waals surface area (Å²) in [4.78, 5) is 23.5. The van der Waals surface area contributed by atoms with Crippen LogP contribution < -0.4 is 0 Å². The highest BCUT2D eigenvalue weighted by molar-refractivity contribution is 5.69. The van der Waals surface area contributed by atoms with Crippen LogP contribution in [0.4, 0.5) is 0 Å². The summed E-state index contributed by atoms with van der Waals surface area (Å²) in [6.07, 6.45) is 11.5. The number of hydrogen-bond acceptors (Lipinski definition) is 4. The van der Waals surface area contributed by atoms with Gasteiger partial charge in [0.25, 0.3) is 0 Å². The molecule has 0 aromatic rings. The number of hydrogen-bond donors (Lipinski definition) is 0. The quantitative estimate of drug-likeness (QED) is 0.160. The molecule has 0 saturated carbocycles. The zero-order chi connectivity index (χ0) is 22.8. The number of unbranched alkanes of at least 4 members (excludes halogenated alkanes) is 5. The minimum Gasteiger partial charge on any atom is -0.466 e. The van der Waals surface area contributed by atoms with Crippen LogP contribution in [0, 0.1) is 23.7 Å². The first kappa shape index (κ1) is 28.9. The van der Waals surface area contributed by atoms with Crippen LogP contribution in [-0.2, 0) is 19.1 Å². The predicted octanol–water partition coefficient (Wildman–Crippen LogP) is 7.34. The number of carbonyl (C=O) groups is 2. The second kappa shape index (κ2) is 18.7. The van der Waals surface area contributed by atoms with E-state index in [0.29, 0.717) is 49.7 Å². The molecule has 0 saturated heterocycles. The third-order valence-electron chi connectivity index (χ3n) is 5.51. The van der Waals surface area contributed by atoms with E-state index in [1.165, 1.54) is 12.8 Å². The summed E-state index contributed by atoms with van der Waals surface area (Å²) in [5.74, 6) is 2.51. The van der Waals surface area contributed by atoms with Gasteiger partial charge in [0.1, 0.15) is 0 Å². The molecule has 0 aliphatic rings. The van der Waals surface area contributed by atoms with E-state index >= 15 is 0 Å². The Balaban J connectivity index is 3.44. The molecule has 0 amide bonds. The van der Waals surface area contributed by atoms with E-state index in [1.54, 1.807) is 0 Å². The molecule has 0 aromatic heterocycles. The first-order chi connectivity index (χ1) is 14.2. The number of carbonyl (C=O) groups excluding carboxylic acids is 2. The molecule has 0 aromatic carbocycles. The molecule has 0 radical (unpaired) electrons. The van der Waals surface area contributed by atoms with E-state index in [9.17, 15) is 9.59 Å². The van der Waals surface area contributed by atoms with Crippen molar-refractivity contribution in [2.75, 3.05) is 13.2 Å². The smallest absolute Gasteiger partial charge is 0.305 e. The lowest BCUT2D eigenvalue weighted by Crippen LogP contribution is -2.10. The molecule has 30 heavy (non-hydrogen) atoms. The Morgan fingerprint density at radius 2 is 0.900 bits per heavy atom. The molecule has 4 nitrogen and oxygen atoms in total. The molecule has 178 valence electrons. The fourth-order valence-electron chi connectivity index (χ4n) is 3.98. The maximum Gasteiger partial charge on any atom is 0.305 e. The van der Waals surface area contributed by atoms with Crippen molar-refractivity contribution in [1.29, 1.82) is 0 Å². The molecular formula is C26H50O4. The Labute approximate surface area is 186 Å². The van der Waals surface area contributed by atoms with Gasteiger partial charge in [-0.25, -0.2) is 0 Å². The van der Waals surface area contributed by atoms with Crippen molar-refractivity contribution in [2.45, 2.75) is 119 Å². The van der Waals surface area contributed by atoms with Crippen molar-refractivity contribution in [3.8, 4) is 0 Å². The third-order valence-corrected chi connectivity index (χ3v) is 5.51. The van der Waals surface area contributed by atoms with Gasteiger partial charge < -0.3 is 9.47 Å². The van der Waals surface area contributed by atoms with E-state index in [0.717, 1.165) is 51.4 Å². The van der Waals surface area contributed by atoms with Crippen LogP contribution >= 0.6 is 0 Å². The van der Waals surface area contributed by atoms with Crippen molar-refractivity contribution >= 4 is 11.9 Å². The first-order valence-electron chi connectivity index (χ1n) is 12.5. The monoisotopic (exact) mass is 426 g/mol. The molecule has 0 rings (SSSR count). The fourth-order valence-corrected chi connectivity index (χ4v) is 3.98. The first-order valence-corrected chi connectivity index (χ1v) is 12.5. The average molecular weight is 427 g/mol. The van der Waals surface area contributed by atoms with Crippen molar-refractivity contribution in [2.24, 2.45) is 23.7 Å². The van der Waals surface area contributed by atoms with Gasteiger partial charge in [0.05, 0.1) is 13.2 Å². The molecule has 4 heteroatoms. The van der Waals surface area contributed by atoms with Crippen LogP contribution in [0.15, 0.2) is 0 Å². The molecule has 0 bridgehead atoms. The molecule has 0 N–H and O–H groups in total. The highest BCUT2D eigenvalue weighted by atomic mass is 16.5. The van der Waals surface area contributed by atoms with Crippen LogP contribution in [0.3, 0.4) is 0 Å². The fraction of sp³-hybridized carbons (Fsp3) is 0.923. The van der Waals surface area contributed by atoms with Gasteiger partial charge >= 0.3 is 11.9 Å². The minimum absolute atomic E-state index is 0.0581. The largest absolute Gasteiger partial charge is 0.466 e. The summed E-state index contributed by atoms with van der Waals surface area (Å²) in [7, 11) is 0. The Kier molecular flexibility index (Phi) is 18.0. The van der Waals surface area contributed by atoms with Crippen molar-refractivity contribution in [3.63, 3.8) is 0 Å². The summed E-state index contributed by atoms with van der Waals surface area (Å²) in [5.41, 5.74) is 0. The standard InChI is InChI=1S/C26H50O4/c1-21(2)19-23(5)15-17-29-25(27)13-11-9-7-8-10-12-14-26(28)30-18-16-24(6)20-22(3)4/h21-24H,7-20H2,1-6H3. The van der Waals surface area contributed by atoms with Gasteiger partial charge in [-0.05, 0) is 62.2 Å². The van der Waals surface area contributed by atoms with E-state index < -0.39 is 0 Å². The third kappa shape index (κ3) is 20.2. The van der Waals surface area contributed by atoms with Crippen molar-refractivity contribution in [3.05, 3.63) is 0 Å². The van der Waals surface area contributed by atoms with E-state index in [2.05, 4.69) is 41.5 Å². The van der Waals surface area contributed by atoms with Gasteiger partial charge in [-0.3, -0.25) is 9.59 Å². The van der Waals surface area contributed by atoms with Gasteiger partial charge in [0, 0.05) is 12.8 Å². The van der Waals surface area contributed by atoms with Crippen LogP contribution in [0.5, 0.6) is 0 Å². The summed E-state index contributed by atoms with van der Waals surface area (Å²) >= 11 is 0. The maximum atomic E-state index is 11.8. The van der Waals surface area contributed by atoms with E-state index in [4.69, 9.17) is 9.47 Å². The Bertz CT molecular complexity index is 391. The second-order valence-electron chi connectivity index (χ2n) is 10.1. The lowest BCUT2D eigenvalue weighted by atomic mass is 9.96. The molecule has 2 unspecified atom stereocenters. The zero-order valence-corrected chi connectivity index (χ0v) is 20.8. The minimum atomic E-state index is -0.0581. The van der Waals surface area contributed by atoms with E-state index in [1.807, 2.05) is 0 Å². The van der Waals surface area contributed by atoms with Crippen molar-refractivity contribution in [1.82, 2.24) is 0 Å². The molecular weight excluding hydrogens is 376 g/mol. The van der Waals surface area contributed by atoms with Gasteiger partial charge in [0.2, 0.25) is 0 Å². The SMILES string of the molecule is CC(C)CC(C)CCOC(=O)CCCCCCCCC(=O)OCCC(C)CC(C)C. The highest BCUT2D eigenvalue weighted by Gasteiger charge is 2.09. The lowest BCUT2D eigenvalue weighted by molar-refractivity contribution is -0.145. The Hall–Kier alpha value is -1.06. The van der Waals surface area contributed by atoms with Crippen molar-refractivity contribution < 1.29 is 19.1 Å². The summed E-state index contributed by atoms with van der Waals surface area (Å²) in [6, 6.07) is 0. The number of rotatable bonds is 19. The van der Waals surface area contributed by atoms with Gasteiger partial charge in [0.15, 0.2) is 0 Å². The van der Waals surface area contributed by atoms with Gasteiger partial charge in [-0.2, -0.15) is 0 Å². The summed E-state index contributed by atoms with van der Waals surface area (Å²) < 4.78 is 10.7. The maximum absolute atomic E-state index is 11.8. The second-order valence-corrected chi connectivity index (χ2v) is 10.1. The van der Waals surface area contributed by atoms with Crippen LogP contribution in [0.1, 0.15) is 119 Å². The normalized spacial score (nSPS) is 13.5. The molecule has 0 heterocycles. The predicted molar refractivity (Wildman–Crippen MR) is 125 cm³/mol. The Morgan fingerprint density at radius 1 is 0.567 bits per heavy atom. The lowest BCUT2D eigenvalue weighted by Gasteiger charge is -2.13. The average Bonchev–Trinajstić information content (AvgIpc) is 2.62. The van der Waals surface area contributed by atoms with E-state index in [-0.39, 0.29) is 11.9 Å². The van der Waals surface area contributed by atoms with Gasteiger partial charge in [-0.1, -0.05) is 67.2 Å². The van der Waals surface area contributed by atoms with Gasteiger partial charge in [-0.15, -0.1) is 0 Å². The molecule has 0 fully saturated rings. The molecule has 0 spiro atoms. The van der Waals surface area contributed by atoms with Crippen LogP contribution in [0.2, 0.25) is 0 Å². The molecule has 2 atom stereocenters. The number of ether oxygens (including phenoxy) is 2. The van der Waals surface area contributed by atoms with Crippen LogP contribution in [-0.4, -0.2) is 25.2 Å². The zero-order valence-electron chi connectivity index (χ0n) is 20.8. The van der Waals surface area contributed by atoms with Crippen LogP contribution in [0.25, 0.3) is 0 Å². The highest BCUT2D eigenvalue weighted by Crippen LogP contribution is 2.16. The molecule has 0 aliphatic heterocycles. The summed E-state index contributed by atoms with van der Waals surface area (Å²) in [5, 5.41) is 0. The summed E-state index contributed by atoms with van der Waals surface area (Å²) in [6.45, 7) is 14.5.